The molecule has 1 N–H and O–H groups in total. The van der Waals surface area contributed by atoms with Gasteiger partial charge in [0.1, 0.15) is 23.1 Å². The molecule has 12 nitrogen and oxygen atoms in total. The SMILES string of the molecule is CCn1cc(OC(=O)Nc2ccc(Oc3ccnc4cc(OC)c(OC)cc34)cn2)c(=O)n(-c2ccc(F)cc2)c1=O. The minimum atomic E-state index is -1.01. The van der Waals surface area contributed by atoms with E-state index in [4.69, 9.17) is 18.9 Å². The highest BCUT2D eigenvalue weighted by Gasteiger charge is 2.17. The van der Waals surface area contributed by atoms with Crippen molar-refractivity contribution in [3.8, 4) is 34.4 Å². The number of nitrogens with one attached hydrogen (secondary N) is 1. The number of aromatic nitrogens is 4. The fraction of sp³-hybridized carbons (Fsp3) is 0.138. The molecule has 2 aromatic carbocycles. The Morgan fingerprint density at radius 2 is 1.67 bits per heavy atom. The first-order chi connectivity index (χ1) is 20.3. The molecule has 5 rings (SSSR count). The first kappa shape index (κ1) is 27.8. The van der Waals surface area contributed by atoms with Gasteiger partial charge in [-0.05, 0) is 55.5 Å². The second-order valence-electron chi connectivity index (χ2n) is 8.71. The van der Waals surface area contributed by atoms with Crippen molar-refractivity contribution in [1.82, 2.24) is 19.1 Å². The number of benzene rings is 2. The van der Waals surface area contributed by atoms with Gasteiger partial charge in [-0.2, -0.15) is 0 Å². The van der Waals surface area contributed by atoms with E-state index in [0.717, 1.165) is 22.9 Å². The van der Waals surface area contributed by atoms with Crippen LogP contribution in [-0.4, -0.2) is 39.4 Å². The van der Waals surface area contributed by atoms with Crippen molar-refractivity contribution in [2.24, 2.45) is 0 Å². The number of hydrogen-bond acceptors (Lipinski definition) is 9. The first-order valence-corrected chi connectivity index (χ1v) is 12.6. The molecule has 1 amide bonds. The van der Waals surface area contributed by atoms with Crippen molar-refractivity contribution in [2.45, 2.75) is 13.5 Å². The van der Waals surface area contributed by atoms with Crippen LogP contribution in [0.3, 0.4) is 0 Å². The summed E-state index contributed by atoms with van der Waals surface area (Å²) in [6, 6.07) is 13.0. The smallest absolute Gasteiger partial charge is 0.418 e. The van der Waals surface area contributed by atoms with E-state index in [9.17, 15) is 18.8 Å². The minimum absolute atomic E-state index is 0.112. The fourth-order valence-corrected chi connectivity index (χ4v) is 4.10. The molecule has 0 atom stereocenters. The lowest BCUT2D eigenvalue weighted by atomic mass is 10.2. The Kier molecular flexibility index (Phi) is 7.82. The van der Waals surface area contributed by atoms with Crippen LogP contribution in [0.15, 0.2) is 82.8 Å². The number of aryl methyl sites for hydroxylation is 1. The van der Waals surface area contributed by atoms with E-state index in [1.54, 1.807) is 37.4 Å². The van der Waals surface area contributed by atoms with Crippen molar-refractivity contribution in [3.63, 3.8) is 0 Å². The highest BCUT2D eigenvalue weighted by atomic mass is 19.1. The van der Waals surface area contributed by atoms with E-state index in [1.165, 1.54) is 43.2 Å². The molecule has 0 aliphatic carbocycles. The van der Waals surface area contributed by atoms with Gasteiger partial charge in [-0.25, -0.2) is 23.5 Å². The summed E-state index contributed by atoms with van der Waals surface area (Å²) in [4.78, 5) is 46.9. The van der Waals surface area contributed by atoms with Gasteiger partial charge in [0.25, 0.3) is 0 Å². The topological polar surface area (TPSA) is 136 Å². The van der Waals surface area contributed by atoms with E-state index in [2.05, 4.69) is 15.3 Å². The Bertz CT molecular complexity index is 1890. The number of nitrogens with zero attached hydrogens (tertiary/aromatic N) is 4. The predicted octanol–water partition coefficient (Wildman–Crippen LogP) is 4.52. The molecule has 0 saturated heterocycles. The number of amides is 1. The number of halogens is 1. The van der Waals surface area contributed by atoms with Gasteiger partial charge < -0.3 is 18.9 Å². The lowest BCUT2D eigenvalue weighted by Gasteiger charge is -2.13. The molecule has 42 heavy (non-hydrogen) atoms. The molecule has 0 bridgehead atoms. The molecule has 0 unspecified atom stereocenters. The van der Waals surface area contributed by atoms with Crippen LogP contribution in [0.1, 0.15) is 6.92 Å². The number of anilines is 1. The molecular formula is C29H24FN5O7. The molecule has 0 saturated carbocycles. The van der Waals surface area contributed by atoms with Crippen molar-refractivity contribution in [3.05, 3.63) is 99.8 Å². The Labute approximate surface area is 237 Å². The van der Waals surface area contributed by atoms with Crippen molar-refractivity contribution in [2.75, 3.05) is 19.5 Å². The molecule has 5 aromatic rings. The van der Waals surface area contributed by atoms with Gasteiger partial charge in [-0.1, -0.05) is 0 Å². The van der Waals surface area contributed by atoms with Gasteiger partial charge in [-0.15, -0.1) is 0 Å². The van der Waals surface area contributed by atoms with Crippen LogP contribution < -0.4 is 35.5 Å². The summed E-state index contributed by atoms with van der Waals surface area (Å²) >= 11 is 0. The van der Waals surface area contributed by atoms with Gasteiger partial charge >= 0.3 is 17.3 Å². The van der Waals surface area contributed by atoms with Crippen molar-refractivity contribution < 1.29 is 28.1 Å². The zero-order chi connectivity index (χ0) is 29.8. The monoisotopic (exact) mass is 573 g/mol. The van der Waals surface area contributed by atoms with Gasteiger partial charge in [0.2, 0.25) is 5.75 Å². The summed E-state index contributed by atoms with van der Waals surface area (Å²) in [5.74, 6) is 1.07. The maximum absolute atomic E-state index is 13.4. The molecule has 0 fully saturated rings. The fourth-order valence-electron chi connectivity index (χ4n) is 4.10. The molecule has 0 spiro atoms. The maximum Gasteiger partial charge on any atom is 0.418 e. The largest absolute Gasteiger partial charge is 0.493 e. The van der Waals surface area contributed by atoms with Crippen LogP contribution in [0.25, 0.3) is 16.6 Å². The predicted molar refractivity (Wildman–Crippen MR) is 151 cm³/mol. The third-order valence-corrected chi connectivity index (χ3v) is 6.15. The molecule has 0 aliphatic rings. The Morgan fingerprint density at radius 1 is 0.929 bits per heavy atom. The summed E-state index contributed by atoms with van der Waals surface area (Å²) in [7, 11) is 3.07. The van der Waals surface area contributed by atoms with E-state index in [-0.39, 0.29) is 18.1 Å². The summed E-state index contributed by atoms with van der Waals surface area (Å²) in [5, 5.41) is 3.11. The lowest BCUT2D eigenvalue weighted by molar-refractivity contribution is 0.213. The van der Waals surface area contributed by atoms with Gasteiger partial charge in [0.15, 0.2) is 11.5 Å². The van der Waals surface area contributed by atoms with Crippen LogP contribution in [0, 0.1) is 5.82 Å². The quantitative estimate of drug-likeness (QED) is 0.284. The average Bonchev–Trinajstić information content (AvgIpc) is 3.00. The standard InChI is InChI=1S/C29H24FN5O7/c1-4-34-16-25(27(36)35(29(34)38)18-7-5-17(30)6-8-18)42-28(37)33-26-10-9-19(15-32-26)41-22-11-12-31-21-14-24(40-3)23(39-2)13-20(21)22/h5-16H,4H2,1-3H3,(H,32,33,37). The maximum atomic E-state index is 13.4. The van der Waals surface area contributed by atoms with Crippen LogP contribution in [0.4, 0.5) is 15.0 Å². The Hall–Kier alpha value is -5.72. The minimum Gasteiger partial charge on any atom is -0.493 e. The summed E-state index contributed by atoms with van der Waals surface area (Å²) in [6.07, 6.45) is 3.11. The third-order valence-electron chi connectivity index (χ3n) is 6.15. The van der Waals surface area contributed by atoms with Crippen LogP contribution in [-0.2, 0) is 6.54 Å². The highest BCUT2D eigenvalue weighted by molar-refractivity contribution is 5.88. The normalized spacial score (nSPS) is 10.8. The van der Waals surface area contributed by atoms with Gasteiger partial charge in [-0.3, -0.25) is 19.7 Å². The van der Waals surface area contributed by atoms with Crippen LogP contribution in [0.5, 0.6) is 28.7 Å². The molecule has 3 aromatic heterocycles. The zero-order valence-electron chi connectivity index (χ0n) is 22.7. The number of pyridine rings is 2. The average molecular weight is 574 g/mol. The van der Waals surface area contributed by atoms with Crippen molar-refractivity contribution in [1.29, 1.82) is 0 Å². The number of carbonyl (C=O) groups is 1. The van der Waals surface area contributed by atoms with Gasteiger partial charge in [0.05, 0.1) is 37.8 Å². The molecule has 0 aliphatic heterocycles. The number of fused-ring (bicyclic) bond motifs is 1. The molecule has 0 radical (unpaired) electrons. The van der Waals surface area contributed by atoms with E-state index >= 15 is 0 Å². The lowest BCUT2D eigenvalue weighted by Crippen LogP contribution is -2.39. The molecule has 13 heteroatoms. The van der Waals surface area contributed by atoms with E-state index < -0.39 is 28.9 Å². The molecular weight excluding hydrogens is 549 g/mol. The van der Waals surface area contributed by atoms with Gasteiger partial charge in [0, 0.05) is 24.2 Å². The number of rotatable bonds is 8. The summed E-state index contributed by atoms with van der Waals surface area (Å²) in [5.41, 5.74) is -0.802. The Morgan fingerprint density at radius 3 is 2.33 bits per heavy atom. The van der Waals surface area contributed by atoms with E-state index in [1.807, 2.05) is 0 Å². The number of hydrogen-bond donors (Lipinski definition) is 1. The zero-order valence-corrected chi connectivity index (χ0v) is 22.7. The number of ether oxygens (including phenoxy) is 4. The Balaban J connectivity index is 1.33. The van der Waals surface area contributed by atoms with Crippen molar-refractivity contribution >= 4 is 22.8 Å². The van der Waals surface area contributed by atoms with Crippen LogP contribution >= 0.6 is 0 Å². The van der Waals surface area contributed by atoms with E-state index in [0.29, 0.717) is 33.9 Å². The third kappa shape index (κ3) is 5.61. The van der Waals surface area contributed by atoms with Crippen LogP contribution in [0.2, 0.25) is 0 Å². The second kappa shape index (κ2) is 11.8. The molecule has 3 heterocycles. The number of carbonyl (C=O) groups excluding carboxylic acids is 1. The molecule has 214 valence electrons. The summed E-state index contributed by atoms with van der Waals surface area (Å²) in [6.45, 7) is 1.87. The first-order valence-electron chi connectivity index (χ1n) is 12.6. The summed E-state index contributed by atoms with van der Waals surface area (Å²) < 4.78 is 37.3. The number of methoxy groups -OCH3 is 2. The second-order valence-corrected chi connectivity index (χ2v) is 8.71. The highest BCUT2D eigenvalue weighted by Crippen LogP contribution is 2.36.